The number of carbonyl (C=O) groups is 1. The van der Waals surface area contributed by atoms with Crippen molar-refractivity contribution in [1.29, 1.82) is 0 Å². The molecule has 0 aliphatic carbocycles. The van der Waals surface area contributed by atoms with Gasteiger partial charge >= 0.3 is 0 Å². The van der Waals surface area contributed by atoms with Gasteiger partial charge in [0.15, 0.2) is 15.8 Å². The molecule has 0 atom stereocenters. The van der Waals surface area contributed by atoms with E-state index in [2.05, 4.69) is 15.6 Å². The van der Waals surface area contributed by atoms with Crippen LogP contribution in [-0.4, -0.2) is 70.6 Å². The Labute approximate surface area is 160 Å². The molecule has 2 N–H and O–H groups in total. The van der Waals surface area contributed by atoms with Crippen LogP contribution in [0.25, 0.3) is 0 Å². The number of carbonyl (C=O) groups excluding carboxylic acids is 1. The zero-order valence-electron chi connectivity index (χ0n) is 16.0. The summed E-state index contributed by atoms with van der Waals surface area (Å²) in [6.45, 7) is 3.05. The van der Waals surface area contributed by atoms with Gasteiger partial charge in [-0.3, -0.25) is 4.79 Å². The van der Waals surface area contributed by atoms with Gasteiger partial charge in [-0.1, -0.05) is 12.1 Å². The van der Waals surface area contributed by atoms with E-state index < -0.39 is 9.84 Å². The Balaban J connectivity index is 2.84. The quantitative estimate of drug-likeness (QED) is 0.383. The van der Waals surface area contributed by atoms with Crippen LogP contribution < -0.4 is 10.6 Å². The predicted octanol–water partition coefficient (Wildman–Crippen LogP) is 0.885. The molecule has 0 saturated carbocycles. The molecule has 1 aromatic rings. The molecule has 26 heavy (non-hydrogen) atoms. The summed E-state index contributed by atoms with van der Waals surface area (Å²) >= 11 is 1.72. The molecule has 0 aliphatic heterocycles. The van der Waals surface area contributed by atoms with Crippen molar-refractivity contribution in [3.8, 4) is 0 Å². The lowest BCUT2D eigenvalue weighted by molar-refractivity contribution is -0.127. The second kappa shape index (κ2) is 10.4. The third-order valence-corrected chi connectivity index (χ3v) is 5.43. The Morgan fingerprint density at radius 2 is 1.96 bits per heavy atom. The highest BCUT2D eigenvalue weighted by molar-refractivity contribution is 7.98. The van der Waals surface area contributed by atoms with Crippen LogP contribution in [0, 0.1) is 6.92 Å². The van der Waals surface area contributed by atoms with Crippen molar-refractivity contribution in [2.45, 2.75) is 18.4 Å². The highest BCUT2D eigenvalue weighted by Gasteiger charge is 2.11. The Bertz CT molecular complexity index is 746. The number of hydrogen-bond donors (Lipinski definition) is 2. The number of likely N-dealkylation sites (N-methyl/N-ethyl adjacent to an activating group) is 1. The van der Waals surface area contributed by atoms with Crippen LogP contribution >= 0.6 is 11.8 Å². The number of amides is 1. The summed E-state index contributed by atoms with van der Waals surface area (Å²) in [6.07, 6.45) is 3.22. The van der Waals surface area contributed by atoms with Crippen LogP contribution in [0.15, 0.2) is 28.1 Å². The van der Waals surface area contributed by atoms with Crippen LogP contribution in [0.3, 0.4) is 0 Å². The van der Waals surface area contributed by atoms with Crippen molar-refractivity contribution in [3.63, 3.8) is 0 Å². The number of sulfone groups is 1. The van der Waals surface area contributed by atoms with Gasteiger partial charge in [0.1, 0.15) is 0 Å². The third-order valence-electron chi connectivity index (χ3n) is 3.56. The first kappa shape index (κ1) is 22.3. The van der Waals surface area contributed by atoms with Crippen molar-refractivity contribution in [1.82, 2.24) is 15.5 Å². The zero-order valence-corrected chi connectivity index (χ0v) is 17.6. The highest BCUT2D eigenvalue weighted by atomic mass is 32.2. The van der Waals surface area contributed by atoms with Crippen LogP contribution in [0.2, 0.25) is 0 Å². The molecule has 0 bridgehead atoms. The molecule has 0 radical (unpaired) electrons. The molecule has 9 heteroatoms. The second-order valence-corrected chi connectivity index (χ2v) is 9.07. The molecule has 1 rings (SSSR count). The molecule has 0 heterocycles. The van der Waals surface area contributed by atoms with E-state index in [1.165, 1.54) is 11.2 Å². The fourth-order valence-electron chi connectivity index (χ4n) is 2.16. The Morgan fingerprint density at radius 3 is 2.50 bits per heavy atom. The molecule has 7 nitrogen and oxygen atoms in total. The third kappa shape index (κ3) is 7.65. The lowest BCUT2D eigenvalue weighted by Crippen LogP contribution is -2.43. The van der Waals surface area contributed by atoms with E-state index in [0.29, 0.717) is 23.0 Å². The first-order chi connectivity index (χ1) is 12.1. The van der Waals surface area contributed by atoms with Gasteiger partial charge in [-0.05, 0) is 30.4 Å². The minimum Gasteiger partial charge on any atom is -0.356 e. The fourth-order valence-corrected chi connectivity index (χ4v) is 3.42. The molecule has 0 unspecified atom stereocenters. The van der Waals surface area contributed by atoms with E-state index in [4.69, 9.17) is 0 Å². The Morgan fingerprint density at radius 1 is 1.27 bits per heavy atom. The Hall–Kier alpha value is -1.74. The summed E-state index contributed by atoms with van der Waals surface area (Å²) in [4.78, 5) is 18.1. The summed E-state index contributed by atoms with van der Waals surface area (Å²) in [5, 5.41) is 6.21. The molecule has 1 aromatic carbocycles. The molecular weight excluding hydrogens is 372 g/mol. The lowest BCUT2D eigenvalue weighted by Gasteiger charge is -2.15. The maximum Gasteiger partial charge on any atom is 0.241 e. The van der Waals surface area contributed by atoms with Crippen molar-refractivity contribution in [2.75, 3.05) is 45.4 Å². The van der Waals surface area contributed by atoms with Crippen molar-refractivity contribution < 1.29 is 13.2 Å². The molecule has 0 aliphatic rings. The summed E-state index contributed by atoms with van der Waals surface area (Å²) in [5.74, 6) is 1.43. The van der Waals surface area contributed by atoms with Gasteiger partial charge in [-0.15, -0.1) is 0 Å². The van der Waals surface area contributed by atoms with Crippen LogP contribution in [0.5, 0.6) is 0 Å². The molecule has 0 aromatic heterocycles. The highest BCUT2D eigenvalue weighted by Crippen LogP contribution is 2.17. The SMILES string of the molecule is CSCCNC(=NCc1ccc(S(C)(=O)=O)c(C)c1)NCC(=O)N(C)C. The normalized spacial score (nSPS) is 12.0. The average Bonchev–Trinajstić information content (AvgIpc) is 2.55. The zero-order chi connectivity index (χ0) is 19.7. The number of nitrogens with one attached hydrogen (secondary N) is 2. The van der Waals surface area contributed by atoms with E-state index in [1.54, 1.807) is 44.9 Å². The fraction of sp³-hybridized carbons (Fsp3) is 0.529. The number of hydrogen-bond acceptors (Lipinski definition) is 5. The average molecular weight is 401 g/mol. The van der Waals surface area contributed by atoms with Crippen LogP contribution in [0.1, 0.15) is 11.1 Å². The number of thioether (sulfide) groups is 1. The van der Waals surface area contributed by atoms with Gasteiger partial charge in [-0.25, -0.2) is 13.4 Å². The number of aryl methyl sites for hydroxylation is 1. The summed E-state index contributed by atoms with van der Waals surface area (Å²) < 4.78 is 23.4. The molecule has 0 saturated heterocycles. The second-order valence-electron chi connectivity index (χ2n) is 6.10. The van der Waals surface area contributed by atoms with E-state index in [-0.39, 0.29) is 12.5 Å². The molecule has 146 valence electrons. The number of benzene rings is 1. The van der Waals surface area contributed by atoms with Crippen molar-refractivity contribution in [2.24, 2.45) is 4.99 Å². The van der Waals surface area contributed by atoms with E-state index in [9.17, 15) is 13.2 Å². The van der Waals surface area contributed by atoms with Gasteiger partial charge < -0.3 is 15.5 Å². The van der Waals surface area contributed by atoms with Gasteiger partial charge in [-0.2, -0.15) is 11.8 Å². The summed E-state index contributed by atoms with van der Waals surface area (Å²) in [5.41, 5.74) is 1.60. The topological polar surface area (TPSA) is 90.9 Å². The molecule has 0 fully saturated rings. The standard InChI is InChI=1S/C17H28N4O3S2/c1-13-10-14(6-7-15(13)26(5,23)24)11-19-17(18-8-9-25-4)20-12-16(22)21(2)3/h6-7,10H,8-9,11-12H2,1-5H3,(H2,18,19,20). The predicted molar refractivity (Wildman–Crippen MR) is 109 cm³/mol. The Kier molecular flexibility index (Phi) is 8.94. The molecule has 0 spiro atoms. The van der Waals surface area contributed by atoms with E-state index >= 15 is 0 Å². The lowest BCUT2D eigenvalue weighted by atomic mass is 10.1. The van der Waals surface area contributed by atoms with E-state index in [0.717, 1.165) is 17.9 Å². The van der Waals surface area contributed by atoms with E-state index in [1.807, 2.05) is 12.3 Å². The molecule has 1 amide bonds. The van der Waals surface area contributed by atoms with Crippen LogP contribution in [0.4, 0.5) is 0 Å². The smallest absolute Gasteiger partial charge is 0.241 e. The largest absolute Gasteiger partial charge is 0.356 e. The minimum absolute atomic E-state index is 0.0438. The first-order valence-corrected chi connectivity index (χ1v) is 11.4. The maximum absolute atomic E-state index is 11.7. The van der Waals surface area contributed by atoms with Gasteiger partial charge in [0.05, 0.1) is 18.0 Å². The number of nitrogens with zero attached hydrogens (tertiary/aromatic N) is 2. The number of rotatable bonds is 8. The monoisotopic (exact) mass is 400 g/mol. The number of guanidine groups is 1. The van der Waals surface area contributed by atoms with Crippen LogP contribution in [-0.2, 0) is 21.2 Å². The van der Waals surface area contributed by atoms with Crippen molar-refractivity contribution in [3.05, 3.63) is 29.3 Å². The van der Waals surface area contributed by atoms with Gasteiger partial charge in [0.2, 0.25) is 5.91 Å². The maximum atomic E-state index is 11.7. The summed E-state index contributed by atoms with van der Waals surface area (Å²) in [6, 6.07) is 5.20. The first-order valence-electron chi connectivity index (χ1n) is 8.16. The summed E-state index contributed by atoms with van der Waals surface area (Å²) in [7, 11) is 0.177. The van der Waals surface area contributed by atoms with Gasteiger partial charge in [0.25, 0.3) is 0 Å². The molecular formula is C17H28N4O3S2. The van der Waals surface area contributed by atoms with Gasteiger partial charge in [0, 0.05) is 32.6 Å². The minimum atomic E-state index is -3.23. The number of aliphatic imine (C=N–C) groups is 1. The van der Waals surface area contributed by atoms with Crippen molar-refractivity contribution >= 4 is 33.5 Å².